The fourth-order valence-electron chi connectivity index (χ4n) is 3.65. The molecule has 0 saturated heterocycles. The molecule has 0 spiro atoms. The van der Waals surface area contributed by atoms with Crippen LogP contribution < -0.4 is 15.5 Å². The lowest BCUT2D eigenvalue weighted by molar-refractivity contribution is -0.119. The molecule has 0 bridgehead atoms. The predicted molar refractivity (Wildman–Crippen MR) is 126 cm³/mol. The first-order valence-corrected chi connectivity index (χ1v) is 10.3. The number of amides is 3. The lowest BCUT2D eigenvalue weighted by Crippen LogP contribution is -2.47. The van der Waals surface area contributed by atoms with Gasteiger partial charge in [-0.2, -0.15) is 0 Å². The van der Waals surface area contributed by atoms with E-state index in [1.165, 1.54) is 30.2 Å². The Labute approximate surface area is 195 Å². The molecule has 0 radical (unpaired) electrons. The van der Waals surface area contributed by atoms with Gasteiger partial charge in [0.25, 0.3) is 5.91 Å². The molecule has 34 heavy (non-hydrogen) atoms. The molecule has 3 amide bonds. The number of hydrogen-bond acceptors (Lipinski definition) is 5. The van der Waals surface area contributed by atoms with E-state index in [0.29, 0.717) is 11.3 Å². The Hall–Kier alpha value is -4.53. The monoisotopic (exact) mass is 460 g/mol. The Kier molecular flexibility index (Phi) is 6.35. The zero-order chi connectivity index (χ0) is 24.2. The van der Waals surface area contributed by atoms with Gasteiger partial charge < -0.3 is 20.3 Å². The van der Waals surface area contributed by atoms with Gasteiger partial charge in [-0.1, -0.05) is 42.5 Å². The van der Waals surface area contributed by atoms with Crippen LogP contribution in [0.5, 0.6) is 0 Å². The third-order valence-electron chi connectivity index (χ3n) is 5.32. The van der Waals surface area contributed by atoms with Crippen molar-refractivity contribution in [1.82, 2.24) is 5.32 Å². The van der Waals surface area contributed by atoms with E-state index in [0.717, 1.165) is 0 Å². The SMILES string of the molecule is COC(=O)c1ccccc1NC(=O)NC1N=C(c2ccccc2F)c2ccccc2N(C)C1=O. The van der Waals surface area contributed by atoms with Gasteiger partial charge in [-0.25, -0.2) is 19.0 Å². The number of fused-ring (bicyclic) bond motifs is 1. The van der Waals surface area contributed by atoms with Crippen LogP contribution in [-0.4, -0.2) is 43.9 Å². The summed E-state index contributed by atoms with van der Waals surface area (Å²) in [6.07, 6.45) is -1.35. The number of carbonyl (C=O) groups is 3. The van der Waals surface area contributed by atoms with E-state index in [4.69, 9.17) is 4.74 Å². The smallest absolute Gasteiger partial charge is 0.339 e. The largest absolute Gasteiger partial charge is 0.465 e. The Morgan fingerprint density at radius 3 is 2.35 bits per heavy atom. The predicted octanol–water partition coefficient (Wildman–Crippen LogP) is 3.57. The highest BCUT2D eigenvalue weighted by Gasteiger charge is 2.31. The summed E-state index contributed by atoms with van der Waals surface area (Å²) in [6, 6.07) is 18.6. The first kappa shape index (κ1) is 22.7. The van der Waals surface area contributed by atoms with Gasteiger partial charge in [0.2, 0.25) is 6.17 Å². The van der Waals surface area contributed by atoms with Crippen LogP contribution in [0.3, 0.4) is 0 Å². The molecule has 1 heterocycles. The lowest BCUT2D eigenvalue weighted by Gasteiger charge is -2.21. The molecule has 9 heteroatoms. The number of urea groups is 1. The number of halogens is 1. The first-order valence-electron chi connectivity index (χ1n) is 10.3. The second kappa shape index (κ2) is 9.53. The van der Waals surface area contributed by atoms with Crippen molar-refractivity contribution in [3.05, 3.63) is 95.3 Å². The summed E-state index contributed by atoms with van der Waals surface area (Å²) < 4.78 is 19.4. The molecule has 1 atom stereocenters. The highest BCUT2D eigenvalue weighted by atomic mass is 19.1. The van der Waals surface area contributed by atoms with Gasteiger partial charge in [0.05, 0.1) is 29.8 Å². The maximum absolute atomic E-state index is 14.7. The van der Waals surface area contributed by atoms with Gasteiger partial charge in [-0.3, -0.25) is 4.79 Å². The maximum Gasteiger partial charge on any atom is 0.339 e. The van der Waals surface area contributed by atoms with Crippen molar-refractivity contribution in [3.8, 4) is 0 Å². The zero-order valence-electron chi connectivity index (χ0n) is 18.4. The fraction of sp³-hybridized carbons (Fsp3) is 0.120. The Morgan fingerprint density at radius 2 is 1.62 bits per heavy atom. The van der Waals surface area contributed by atoms with E-state index in [2.05, 4.69) is 15.6 Å². The van der Waals surface area contributed by atoms with Gasteiger partial charge >= 0.3 is 12.0 Å². The summed E-state index contributed by atoms with van der Waals surface area (Å²) in [5.41, 5.74) is 1.84. The molecule has 3 aromatic rings. The minimum Gasteiger partial charge on any atom is -0.465 e. The van der Waals surface area contributed by atoms with Gasteiger partial charge in [-0.15, -0.1) is 0 Å². The van der Waals surface area contributed by atoms with E-state index >= 15 is 0 Å². The average Bonchev–Trinajstić information content (AvgIpc) is 2.95. The van der Waals surface area contributed by atoms with Crippen LogP contribution in [0.25, 0.3) is 0 Å². The molecule has 0 saturated carbocycles. The molecule has 2 N–H and O–H groups in total. The Balaban J connectivity index is 1.70. The molecule has 172 valence electrons. The Bertz CT molecular complexity index is 1310. The third kappa shape index (κ3) is 4.36. The standard InChI is InChI=1S/C25H21FN4O4/c1-30-20-14-8-5-11-17(20)21(15-9-3-6-12-18(15)26)28-22(23(30)31)29-25(33)27-19-13-7-4-10-16(19)24(32)34-2/h3-14,22H,1-2H3,(H2,27,29,33). The van der Waals surface area contributed by atoms with Crippen LogP contribution in [-0.2, 0) is 9.53 Å². The summed E-state index contributed by atoms with van der Waals surface area (Å²) in [7, 11) is 2.79. The van der Waals surface area contributed by atoms with Crippen molar-refractivity contribution >= 4 is 35.0 Å². The topological polar surface area (TPSA) is 100 Å². The number of nitrogens with one attached hydrogen (secondary N) is 2. The minimum atomic E-state index is -1.35. The third-order valence-corrected chi connectivity index (χ3v) is 5.32. The van der Waals surface area contributed by atoms with Crippen molar-refractivity contribution in [2.75, 3.05) is 24.4 Å². The van der Waals surface area contributed by atoms with Crippen LogP contribution in [0, 0.1) is 5.82 Å². The number of carbonyl (C=O) groups excluding carboxylic acids is 3. The summed E-state index contributed by atoms with van der Waals surface area (Å²) in [5, 5.41) is 5.07. The number of benzene rings is 3. The van der Waals surface area contributed by atoms with Crippen molar-refractivity contribution in [2.24, 2.45) is 4.99 Å². The number of nitrogens with zero attached hydrogens (tertiary/aromatic N) is 2. The first-order chi connectivity index (χ1) is 16.4. The van der Waals surface area contributed by atoms with Crippen LogP contribution in [0.4, 0.5) is 20.6 Å². The summed E-state index contributed by atoms with van der Waals surface area (Å²) >= 11 is 0. The average molecular weight is 460 g/mol. The number of ether oxygens (including phenoxy) is 1. The number of likely N-dealkylation sites (N-methyl/N-ethyl adjacent to an activating group) is 1. The zero-order valence-corrected chi connectivity index (χ0v) is 18.4. The fourth-order valence-corrected chi connectivity index (χ4v) is 3.65. The van der Waals surface area contributed by atoms with Crippen LogP contribution in [0.2, 0.25) is 0 Å². The maximum atomic E-state index is 14.7. The van der Waals surface area contributed by atoms with Gasteiger partial charge in [0.1, 0.15) is 5.82 Å². The number of esters is 1. The Morgan fingerprint density at radius 1 is 0.971 bits per heavy atom. The lowest BCUT2D eigenvalue weighted by atomic mass is 10.00. The number of aliphatic imine (C=N–C) groups is 1. The molecule has 3 aromatic carbocycles. The molecule has 0 aromatic heterocycles. The quantitative estimate of drug-likeness (QED) is 0.582. The molecule has 1 aliphatic rings. The van der Waals surface area contributed by atoms with Crippen molar-refractivity contribution < 1.29 is 23.5 Å². The second-order valence-corrected chi connectivity index (χ2v) is 7.41. The normalized spacial score (nSPS) is 15.0. The molecule has 0 fully saturated rings. The number of anilines is 2. The minimum absolute atomic E-state index is 0.146. The van der Waals surface area contributed by atoms with Crippen molar-refractivity contribution in [3.63, 3.8) is 0 Å². The highest BCUT2D eigenvalue weighted by molar-refractivity contribution is 6.20. The molecular weight excluding hydrogens is 439 g/mol. The van der Waals surface area contributed by atoms with Crippen LogP contribution in [0.15, 0.2) is 77.8 Å². The summed E-state index contributed by atoms with van der Waals surface area (Å²) in [6.45, 7) is 0. The molecule has 4 rings (SSSR count). The van der Waals surface area contributed by atoms with Crippen molar-refractivity contribution in [1.29, 1.82) is 0 Å². The number of benzodiazepines with no additional fused rings is 1. The number of hydrogen-bond donors (Lipinski definition) is 2. The van der Waals surface area contributed by atoms with E-state index in [1.54, 1.807) is 61.6 Å². The molecule has 1 aliphatic heterocycles. The van der Waals surface area contributed by atoms with E-state index in [1.807, 2.05) is 0 Å². The van der Waals surface area contributed by atoms with Gasteiger partial charge in [0.15, 0.2) is 0 Å². The molecule has 8 nitrogen and oxygen atoms in total. The molecule has 0 aliphatic carbocycles. The highest BCUT2D eigenvalue weighted by Crippen LogP contribution is 2.28. The summed E-state index contributed by atoms with van der Waals surface area (Å²) in [5.74, 6) is -1.66. The van der Waals surface area contributed by atoms with E-state index in [-0.39, 0.29) is 22.5 Å². The molecular formula is C25H21FN4O4. The second-order valence-electron chi connectivity index (χ2n) is 7.41. The van der Waals surface area contributed by atoms with E-state index < -0.39 is 29.9 Å². The molecule has 1 unspecified atom stereocenters. The van der Waals surface area contributed by atoms with Crippen LogP contribution in [0.1, 0.15) is 21.5 Å². The summed E-state index contributed by atoms with van der Waals surface area (Å²) in [4.78, 5) is 43.8. The van der Waals surface area contributed by atoms with Crippen molar-refractivity contribution in [2.45, 2.75) is 6.17 Å². The van der Waals surface area contributed by atoms with Gasteiger partial charge in [-0.05, 0) is 30.3 Å². The number of rotatable bonds is 4. The van der Waals surface area contributed by atoms with Crippen LogP contribution >= 0.6 is 0 Å². The van der Waals surface area contributed by atoms with Gasteiger partial charge in [0, 0.05) is 18.2 Å². The van der Waals surface area contributed by atoms with E-state index in [9.17, 15) is 18.8 Å². The number of methoxy groups -OCH3 is 1. The number of para-hydroxylation sites is 2.